The second-order valence-electron chi connectivity index (χ2n) is 7.87. The molecule has 0 saturated carbocycles. The van der Waals surface area contributed by atoms with Gasteiger partial charge in [0.1, 0.15) is 5.75 Å². The molecule has 2 aromatic rings. The van der Waals surface area contributed by atoms with Gasteiger partial charge < -0.3 is 9.64 Å². The molecule has 2 heterocycles. The Morgan fingerprint density at radius 1 is 1.07 bits per heavy atom. The normalized spacial score (nSPS) is 19.4. The zero-order valence-electron chi connectivity index (χ0n) is 16.8. The van der Waals surface area contributed by atoms with Gasteiger partial charge in [0.15, 0.2) is 0 Å². The number of benzene rings is 2. The van der Waals surface area contributed by atoms with Crippen molar-refractivity contribution in [1.29, 1.82) is 0 Å². The number of carbonyl (C=O) groups is 1. The molecule has 0 aliphatic carbocycles. The van der Waals surface area contributed by atoms with Crippen molar-refractivity contribution >= 4 is 21.6 Å². The predicted octanol–water partition coefficient (Wildman–Crippen LogP) is 3.88. The van der Waals surface area contributed by atoms with Crippen LogP contribution in [0.4, 0.5) is 5.69 Å². The van der Waals surface area contributed by atoms with Crippen molar-refractivity contribution < 1.29 is 17.9 Å². The number of ether oxygens (including phenoxy) is 1. The number of nitrogens with one attached hydrogen (secondary N) is 1. The predicted molar refractivity (Wildman–Crippen MR) is 112 cm³/mol. The maximum absolute atomic E-state index is 13.2. The molecule has 29 heavy (non-hydrogen) atoms. The molecule has 0 spiro atoms. The van der Waals surface area contributed by atoms with Crippen molar-refractivity contribution in [3.8, 4) is 5.75 Å². The summed E-state index contributed by atoms with van der Waals surface area (Å²) in [7, 11) is -3.77. The van der Waals surface area contributed by atoms with Gasteiger partial charge in [0, 0.05) is 24.7 Å². The second kappa shape index (κ2) is 7.71. The molecule has 7 heteroatoms. The monoisotopic (exact) mass is 414 g/mol. The Kier molecular flexibility index (Phi) is 5.25. The second-order valence-corrected chi connectivity index (χ2v) is 9.52. The Balaban J connectivity index is 1.67. The van der Waals surface area contributed by atoms with Crippen LogP contribution in [0.1, 0.15) is 47.2 Å². The zero-order chi connectivity index (χ0) is 20.6. The van der Waals surface area contributed by atoms with Crippen LogP contribution >= 0.6 is 0 Å². The number of amides is 1. The van der Waals surface area contributed by atoms with Gasteiger partial charge in [-0.05, 0) is 68.5 Å². The average Bonchev–Trinajstić information content (AvgIpc) is 2.69. The molecule has 0 radical (unpaired) electrons. The van der Waals surface area contributed by atoms with E-state index in [1.165, 1.54) is 0 Å². The van der Waals surface area contributed by atoms with E-state index in [-0.39, 0.29) is 16.8 Å². The van der Waals surface area contributed by atoms with E-state index in [1.807, 2.05) is 17.9 Å². The van der Waals surface area contributed by atoms with Gasteiger partial charge in [-0.25, -0.2) is 8.42 Å². The van der Waals surface area contributed by atoms with Crippen molar-refractivity contribution in [2.24, 2.45) is 0 Å². The Morgan fingerprint density at radius 2 is 1.90 bits per heavy atom. The third kappa shape index (κ3) is 3.96. The lowest BCUT2D eigenvalue weighted by Gasteiger charge is -2.37. The van der Waals surface area contributed by atoms with Gasteiger partial charge in [-0.1, -0.05) is 12.1 Å². The fraction of sp³-hybridized carbons (Fsp3) is 0.409. The van der Waals surface area contributed by atoms with Crippen LogP contribution in [-0.2, 0) is 10.0 Å². The summed E-state index contributed by atoms with van der Waals surface area (Å²) in [5, 5.41) is 0. The van der Waals surface area contributed by atoms with Crippen LogP contribution in [0.15, 0.2) is 41.3 Å². The Labute approximate surface area is 171 Å². The highest BCUT2D eigenvalue weighted by Gasteiger charge is 2.31. The zero-order valence-corrected chi connectivity index (χ0v) is 17.6. The van der Waals surface area contributed by atoms with Gasteiger partial charge in [-0.15, -0.1) is 0 Å². The molecule has 1 atom stereocenters. The Morgan fingerprint density at radius 3 is 2.72 bits per heavy atom. The minimum atomic E-state index is -3.77. The summed E-state index contributed by atoms with van der Waals surface area (Å²) >= 11 is 0. The average molecular weight is 415 g/mol. The molecule has 6 nitrogen and oxygen atoms in total. The van der Waals surface area contributed by atoms with E-state index in [4.69, 9.17) is 4.74 Å². The summed E-state index contributed by atoms with van der Waals surface area (Å²) in [5.41, 5.74) is 2.31. The first-order valence-electron chi connectivity index (χ1n) is 10.0. The summed E-state index contributed by atoms with van der Waals surface area (Å²) in [6.07, 6.45) is 3.93. The third-order valence-electron chi connectivity index (χ3n) is 5.69. The number of hydrogen-bond donors (Lipinski definition) is 1. The smallest absolute Gasteiger partial charge is 0.262 e. The van der Waals surface area contributed by atoms with Crippen molar-refractivity contribution in [3.05, 3.63) is 53.1 Å². The lowest BCUT2D eigenvalue weighted by molar-refractivity contribution is 0.0548. The first kappa shape index (κ1) is 19.8. The van der Waals surface area contributed by atoms with Gasteiger partial charge in [0.05, 0.1) is 17.1 Å². The van der Waals surface area contributed by atoms with Crippen LogP contribution in [0.5, 0.6) is 5.75 Å². The van der Waals surface area contributed by atoms with E-state index in [1.54, 1.807) is 37.3 Å². The highest BCUT2D eigenvalue weighted by atomic mass is 32.2. The number of rotatable bonds is 3. The van der Waals surface area contributed by atoms with Crippen molar-refractivity contribution in [2.75, 3.05) is 17.9 Å². The molecule has 1 saturated heterocycles. The summed E-state index contributed by atoms with van der Waals surface area (Å²) in [5.74, 6) is 0.422. The molecular weight excluding hydrogens is 388 g/mol. The van der Waals surface area contributed by atoms with Gasteiger partial charge in [0.25, 0.3) is 15.9 Å². The lowest BCUT2D eigenvalue weighted by Crippen LogP contribution is -2.45. The van der Waals surface area contributed by atoms with E-state index in [0.29, 0.717) is 29.2 Å². The Bertz CT molecular complexity index is 1050. The maximum atomic E-state index is 13.2. The number of aryl methyl sites for hydroxylation is 2. The molecule has 1 fully saturated rings. The number of fused-ring (bicyclic) bond motifs is 2. The molecule has 1 N–H and O–H groups in total. The SMILES string of the molecule is Cc1ccc(C)c(S(=O)(=O)Nc2ccc3c(c2)C(=O)N2CCCCC2CCO3)c1. The molecule has 1 amide bonds. The molecule has 4 rings (SSSR count). The summed E-state index contributed by atoms with van der Waals surface area (Å²) in [4.78, 5) is 15.3. The van der Waals surface area contributed by atoms with Crippen LogP contribution in [0.3, 0.4) is 0 Å². The van der Waals surface area contributed by atoms with Gasteiger partial charge in [-0.2, -0.15) is 0 Å². The number of anilines is 1. The Hall–Kier alpha value is -2.54. The lowest BCUT2D eigenvalue weighted by atomic mass is 9.97. The number of hydrogen-bond acceptors (Lipinski definition) is 4. The summed E-state index contributed by atoms with van der Waals surface area (Å²) in [6, 6.07) is 10.4. The largest absolute Gasteiger partial charge is 0.493 e. The highest BCUT2D eigenvalue weighted by molar-refractivity contribution is 7.92. The summed E-state index contributed by atoms with van der Waals surface area (Å²) in [6.45, 7) is 4.91. The number of sulfonamides is 1. The highest BCUT2D eigenvalue weighted by Crippen LogP contribution is 2.31. The minimum absolute atomic E-state index is 0.0859. The molecule has 2 aliphatic heterocycles. The molecule has 2 aromatic carbocycles. The maximum Gasteiger partial charge on any atom is 0.262 e. The minimum Gasteiger partial charge on any atom is -0.493 e. The standard InChI is InChI=1S/C22H26N2O4S/c1-15-6-7-16(2)21(13-15)29(26,27)23-17-8-9-20-19(14-17)22(25)24-11-4-3-5-18(24)10-12-28-20/h6-9,13-14,18,23H,3-5,10-12H2,1-2H3. The van der Waals surface area contributed by atoms with Crippen LogP contribution in [0.25, 0.3) is 0 Å². The van der Waals surface area contributed by atoms with E-state index in [0.717, 1.165) is 37.8 Å². The summed E-state index contributed by atoms with van der Waals surface area (Å²) < 4.78 is 34.3. The first-order valence-corrected chi connectivity index (χ1v) is 11.5. The van der Waals surface area contributed by atoms with Gasteiger partial charge >= 0.3 is 0 Å². The van der Waals surface area contributed by atoms with Crippen molar-refractivity contribution in [3.63, 3.8) is 0 Å². The number of piperidine rings is 1. The number of carbonyl (C=O) groups excluding carboxylic acids is 1. The molecule has 2 aliphatic rings. The fourth-order valence-corrected chi connectivity index (χ4v) is 5.50. The first-order chi connectivity index (χ1) is 13.8. The van der Waals surface area contributed by atoms with E-state index >= 15 is 0 Å². The molecule has 1 unspecified atom stereocenters. The van der Waals surface area contributed by atoms with Crippen LogP contribution in [-0.4, -0.2) is 38.4 Å². The molecule has 0 aromatic heterocycles. The van der Waals surface area contributed by atoms with Crippen LogP contribution < -0.4 is 9.46 Å². The fourth-order valence-electron chi connectivity index (χ4n) is 4.12. The third-order valence-corrected chi connectivity index (χ3v) is 7.22. The topological polar surface area (TPSA) is 75.7 Å². The van der Waals surface area contributed by atoms with E-state index in [9.17, 15) is 13.2 Å². The molecule has 154 valence electrons. The van der Waals surface area contributed by atoms with E-state index < -0.39 is 10.0 Å². The van der Waals surface area contributed by atoms with Crippen molar-refractivity contribution in [1.82, 2.24) is 4.90 Å². The van der Waals surface area contributed by atoms with Crippen LogP contribution in [0, 0.1) is 13.8 Å². The van der Waals surface area contributed by atoms with Crippen molar-refractivity contribution in [2.45, 2.75) is 50.5 Å². The van der Waals surface area contributed by atoms with E-state index in [2.05, 4.69) is 4.72 Å². The van der Waals surface area contributed by atoms with Crippen LogP contribution in [0.2, 0.25) is 0 Å². The van der Waals surface area contributed by atoms with Gasteiger partial charge in [-0.3, -0.25) is 9.52 Å². The molecular formula is C22H26N2O4S. The molecule has 0 bridgehead atoms. The van der Waals surface area contributed by atoms with Gasteiger partial charge in [0.2, 0.25) is 0 Å². The quantitative estimate of drug-likeness (QED) is 0.827. The number of nitrogens with zero attached hydrogens (tertiary/aromatic N) is 1.